The van der Waals surface area contributed by atoms with Gasteiger partial charge in [0.1, 0.15) is 6.04 Å². The summed E-state index contributed by atoms with van der Waals surface area (Å²) in [6, 6.07) is 5.50. The van der Waals surface area contributed by atoms with Gasteiger partial charge in [0.25, 0.3) is 0 Å². The molecule has 19 heavy (non-hydrogen) atoms. The lowest BCUT2D eigenvalue weighted by Gasteiger charge is -2.25. The monoisotopic (exact) mass is 263 g/mol. The van der Waals surface area contributed by atoms with Crippen LogP contribution in [0.25, 0.3) is 0 Å². The fourth-order valence-electron chi connectivity index (χ4n) is 2.84. The second-order valence-corrected chi connectivity index (χ2v) is 5.37. The number of aliphatic hydroxyl groups is 1. The lowest BCUT2D eigenvalue weighted by Crippen LogP contribution is -2.38. The summed E-state index contributed by atoms with van der Waals surface area (Å²) in [7, 11) is 0. The quantitative estimate of drug-likeness (QED) is 0.871. The molecule has 2 N–H and O–H groups in total. The number of benzene rings is 1. The standard InChI is InChI=1S/C15H21NO3/c1-10-5-6-12(11(2)8-10)14(17)9-16-7-3-4-13(16)15(18)19/h5-6,8,13-14,17H,3-4,7,9H2,1-2H3,(H,18,19). The summed E-state index contributed by atoms with van der Waals surface area (Å²) < 4.78 is 0. The van der Waals surface area contributed by atoms with Crippen LogP contribution in [0.1, 0.15) is 35.6 Å². The predicted octanol–water partition coefficient (Wildman–Crippen LogP) is 1.89. The van der Waals surface area contributed by atoms with Crippen molar-refractivity contribution in [3.05, 3.63) is 34.9 Å². The van der Waals surface area contributed by atoms with Gasteiger partial charge in [-0.1, -0.05) is 23.8 Å². The van der Waals surface area contributed by atoms with E-state index in [0.29, 0.717) is 13.0 Å². The van der Waals surface area contributed by atoms with Gasteiger partial charge in [0.15, 0.2) is 0 Å². The van der Waals surface area contributed by atoms with E-state index < -0.39 is 18.1 Å². The molecule has 0 bridgehead atoms. The Morgan fingerprint density at radius 1 is 1.47 bits per heavy atom. The summed E-state index contributed by atoms with van der Waals surface area (Å²) in [4.78, 5) is 13.0. The number of aliphatic carboxylic acids is 1. The number of rotatable bonds is 4. The molecular formula is C15H21NO3. The molecule has 2 unspecified atom stereocenters. The summed E-state index contributed by atoms with van der Waals surface area (Å²) >= 11 is 0. The number of carboxylic acids is 1. The van der Waals surface area contributed by atoms with E-state index in [4.69, 9.17) is 5.11 Å². The molecule has 2 rings (SSSR count). The second-order valence-electron chi connectivity index (χ2n) is 5.37. The topological polar surface area (TPSA) is 60.8 Å². The molecule has 104 valence electrons. The normalized spacial score (nSPS) is 21.5. The largest absolute Gasteiger partial charge is 0.480 e. The maximum Gasteiger partial charge on any atom is 0.320 e. The third kappa shape index (κ3) is 3.14. The van der Waals surface area contributed by atoms with E-state index in [0.717, 1.165) is 29.7 Å². The van der Waals surface area contributed by atoms with Crippen LogP contribution in [0.2, 0.25) is 0 Å². The zero-order valence-corrected chi connectivity index (χ0v) is 11.5. The van der Waals surface area contributed by atoms with Crippen LogP contribution in [0.5, 0.6) is 0 Å². The number of aryl methyl sites for hydroxylation is 2. The average molecular weight is 263 g/mol. The van der Waals surface area contributed by atoms with Crippen LogP contribution in [0.4, 0.5) is 0 Å². The zero-order chi connectivity index (χ0) is 14.0. The molecular weight excluding hydrogens is 242 g/mol. The minimum Gasteiger partial charge on any atom is -0.480 e. The molecule has 0 radical (unpaired) electrons. The minimum atomic E-state index is -0.787. The molecule has 1 heterocycles. The van der Waals surface area contributed by atoms with Crippen molar-refractivity contribution in [1.29, 1.82) is 0 Å². The van der Waals surface area contributed by atoms with Gasteiger partial charge in [-0.05, 0) is 44.4 Å². The fraction of sp³-hybridized carbons (Fsp3) is 0.533. The molecule has 0 aromatic heterocycles. The first kappa shape index (κ1) is 14.0. The molecule has 0 amide bonds. The van der Waals surface area contributed by atoms with Crippen LogP contribution in [0.3, 0.4) is 0 Å². The molecule has 4 heteroatoms. The van der Waals surface area contributed by atoms with Gasteiger partial charge in [-0.3, -0.25) is 9.69 Å². The lowest BCUT2D eigenvalue weighted by atomic mass is 10.0. The van der Waals surface area contributed by atoms with E-state index in [1.165, 1.54) is 0 Å². The molecule has 1 aromatic carbocycles. The third-order valence-corrected chi connectivity index (χ3v) is 3.84. The van der Waals surface area contributed by atoms with E-state index in [-0.39, 0.29) is 0 Å². The molecule has 1 fully saturated rings. The van der Waals surface area contributed by atoms with Gasteiger partial charge in [-0.15, -0.1) is 0 Å². The van der Waals surface area contributed by atoms with Gasteiger partial charge >= 0.3 is 5.97 Å². The molecule has 1 saturated heterocycles. The summed E-state index contributed by atoms with van der Waals surface area (Å²) in [5.74, 6) is -0.787. The Morgan fingerprint density at radius 3 is 2.84 bits per heavy atom. The average Bonchev–Trinajstić information content (AvgIpc) is 2.76. The van der Waals surface area contributed by atoms with Crippen molar-refractivity contribution in [2.45, 2.75) is 38.8 Å². The van der Waals surface area contributed by atoms with E-state index in [9.17, 15) is 9.90 Å². The Morgan fingerprint density at radius 2 is 2.21 bits per heavy atom. The summed E-state index contributed by atoms with van der Waals surface area (Å²) in [6.07, 6.45) is 0.937. The summed E-state index contributed by atoms with van der Waals surface area (Å²) in [6.45, 7) is 5.13. The summed E-state index contributed by atoms with van der Waals surface area (Å²) in [5.41, 5.74) is 3.11. The summed E-state index contributed by atoms with van der Waals surface area (Å²) in [5, 5.41) is 19.5. The predicted molar refractivity (Wildman–Crippen MR) is 73.1 cm³/mol. The van der Waals surface area contributed by atoms with Gasteiger partial charge < -0.3 is 10.2 Å². The Bertz CT molecular complexity index is 472. The number of carboxylic acid groups (broad SMARTS) is 1. The van der Waals surface area contributed by atoms with Crippen LogP contribution in [-0.4, -0.2) is 40.2 Å². The van der Waals surface area contributed by atoms with Gasteiger partial charge in [-0.2, -0.15) is 0 Å². The molecule has 0 saturated carbocycles. The molecule has 2 atom stereocenters. The van der Waals surface area contributed by atoms with Crippen LogP contribution in [-0.2, 0) is 4.79 Å². The van der Waals surface area contributed by atoms with Crippen molar-refractivity contribution in [2.75, 3.05) is 13.1 Å². The van der Waals surface area contributed by atoms with Crippen molar-refractivity contribution in [2.24, 2.45) is 0 Å². The van der Waals surface area contributed by atoms with Crippen molar-refractivity contribution >= 4 is 5.97 Å². The van der Waals surface area contributed by atoms with Crippen LogP contribution in [0, 0.1) is 13.8 Å². The molecule has 1 aromatic rings. The Balaban J connectivity index is 2.08. The maximum absolute atomic E-state index is 11.1. The first-order valence-electron chi connectivity index (χ1n) is 6.71. The Labute approximate surface area is 113 Å². The van der Waals surface area contributed by atoms with E-state index in [1.54, 1.807) is 0 Å². The Hall–Kier alpha value is -1.39. The minimum absolute atomic E-state index is 0.390. The Kier molecular flexibility index (Phi) is 4.22. The number of nitrogens with zero attached hydrogens (tertiary/aromatic N) is 1. The number of carbonyl (C=O) groups is 1. The number of β-amino-alcohol motifs (C(OH)–C–C–N with tert-alkyl or cyclic N) is 1. The van der Waals surface area contributed by atoms with Crippen LogP contribution < -0.4 is 0 Å². The number of hydrogen-bond acceptors (Lipinski definition) is 3. The highest BCUT2D eigenvalue weighted by atomic mass is 16.4. The SMILES string of the molecule is Cc1ccc(C(O)CN2CCCC2C(=O)O)c(C)c1. The van der Waals surface area contributed by atoms with Crippen molar-refractivity contribution in [3.63, 3.8) is 0 Å². The molecule has 4 nitrogen and oxygen atoms in total. The zero-order valence-electron chi connectivity index (χ0n) is 11.5. The number of likely N-dealkylation sites (tertiary alicyclic amines) is 1. The highest BCUT2D eigenvalue weighted by Gasteiger charge is 2.31. The second kappa shape index (κ2) is 5.72. The van der Waals surface area contributed by atoms with Crippen LogP contribution >= 0.6 is 0 Å². The van der Waals surface area contributed by atoms with E-state index >= 15 is 0 Å². The smallest absolute Gasteiger partial charge is 0.320 e. The van der Waals surface area contributed by atoms with Crippen molar-refractivity contribution in [3.8, 4) is 0 Å². The van der Waals surface area contributed by atoms with Crippen molar-refractivity contribution < 1.29 is 15.0 Å². The fourth-order valence-corrected chi connectivity index (χ4v) is 2.84. The highest BCUT2D eigenvalue weighted by molar-refractivity contribution is 5.73. The molecule has 1 aliphatic rings. The van der Waals surface area contributed by atoms with Gasteiger partial charge in [-0.25, -0.2) is 0 Å². The number of hydrogen-bond donors (Lipinski definition) is 2. The highest BCUT2D eigenvalue weighted by Crippen LogP contribution is 2.24. The number of aliphatic hydroxyl groups excluding tert-OH is 1. The molecule has 0 spiro atoms. The third-order valence-electron chi connectivity index (χ3n) is 3.84. The molecule has 1 aliphatic heterocycles. The lowest BCUT2D eigenvalue weighted by molar-refractivity contribution is -0.142. The van der Waals surface area contributed by atoms with Gasteiger partial charge in [0.05, 0.1) is 6.10 Å². The van der Waals surface area contributed by atoms with Gasteiger partial charge in [0, 0.05) is 6.54 Å². The maximum atomic E-state index is 11.1. The molecule has 0 aliphatic carbocycles. The van der Waals surface area contributed by atoms with Gasteiger partial charge in [0.2, 0.25) is 0 Å². The van der Waals surface area contributed by atoms with E-state index in [1.807, 2.05) is 36.9 Å². The van der Waals surface area contributed by atoms with Crippen LogP contribution in [0.15, 0.2) is 18.2 Å². The first-order chi connectivity index (χ1) is 8.99. The first-order valence-corrected chi connectivity index (χ1v) is 6.71. The van der Waals surface area contributed by atoms with E-state index in [2.05, 4.69) is 0 Å². The van der Waals surface area contributed by atoms with Crippen molar-refractivity contribution in [1.82, 2.24) is 4.90 Å².